The van der Waals surface area contributed by atoms with Gasteiger partial charge >= 0.3 is 0 Å². The lowest BCUT2D eigenvalue weighted by Crippen LogP contribution is -2.36. The van der Waals surface area contributed by atoms with Gasteiger partial charge in [-0.2, -0.15) is 0 Å². The molecule has 0 bridgehead atoms. The Morgan fingerprint density at radius 2 is 1.85 bits per heavy atom. The first-order valence-corrected chi connectivity index (χ1v) is 7.16. The van der Waals surface area contributed by atoms with Gasteiger partial charge in [0.05, 0.1) is 0 Å². The van der Waals surface area contributed by atoms with Crippen LogP contribution in [0.1, 0.15) is 18.9 Å². The van der Waals surface area contributed by atoms with Gasteiger partial charge in [0.2, 0.25) is 0 Å². The Morgan fingerprint density at radius 3 is 2.55 bits per heavy atom. The zero-order chi connectivity index (χ0) is 14.2. The largest absolute Gasteiger partial charge is 0.360 e. The van der Waals surface area contributed by atoms with Crippen LogP contribution in [-0.2, 0) is 6.42 Å². The van der Waals surface area contributed by atoms with Gasteiger partial charge in [-0.1, -0.05) is 30.3 Å². The third-order valence-electron chi connectivity index (χ3n) is 3.02. The molecule has 0 aliphatic carbocycles. The first-order chi connectivity index (χ1) is 9.74. The number of hydrogen-bond donors (Lipinski definition) is 2. The Morgan fingerprint density at radius 1 is 1.15 bits per heavy atom. The zero-order valence-corrected chi connectivity index (χ0v) is 12.4. The van der Waals surface area contributed by atoms with Crippen molar-refractivity contribution in [1.29, 1.82) is 0 Å². The fourth-order valence-corrected chi connectivity index (χ4v) is 2.25. The van der Waals surface area contributed by atoms with Gasteiger partial charge in [0, 0.05) is 24.1 Å². The van der Waals surface area contributed by atoms with E-state index in [2.05, 4.69) is 46.8 Å². The van der Waals surface area contributed by atoms with E-state index in [1.165, 1.54) is 5.56 Å². The first-order valence-electron chi connectivity index (χ1n) is 6.75. The standard InChI is InChI=1S/C16H19N3S/c1-13(7-8-14-5-3-2-4-6-14)18-16(20)19-15-9-11-17-12-10-15/h2-6,9-13H,7-8H2,1H3,(H2,17,18,19,20)/t13-/m1/s1. The van der Waals surface area contributed by atoms with Gasteiger partial charge in [-0.3, -0.25) is 4.98 Å². The molecule has 2 N–H and O–H groups in total. The van der Waals surface area contributed by atoms with Crippen molar-refractivity contribution in [2.75, 3.05) is 5.32 Å². The first kappa shape index (κ1) is 14.5. The van der Waals surface area contributed by atoms with Crippen LogP contribution in [0.2, 0.25) is 0 Å². The molecule has 1 atom stereocenters. The molecule has 0 fully saturated rings. The molecule has 0 aliphatic heterocycles. The maximum atomic E-state index is 5.30. The molecule has 3 nitrogen and oxygen atoms in total. The number of pyridine rings is 1. The highest BCUT2D eigenvalue weighted by molar-refractivity contribution is 7.80. The SMILES string of the molecule is C[C@H](CCc1ccccc1)NC(=S)Nc1ccncc1. The Bertz CT molecular complexity index is 528. The molecule has 1 aromatic carbocycles. The van der Waals surface area contributed by atoms with Crippen molar-refractivity contribution < 1.29 is 0 Å². The average molecular weight is 285 g/mol. The Balaban J connectivity index is 1.74. The van der Waals surface area contributed by atoms with E-state index in [9.17, 15) is 0 Å². The minimum atomic E-state index is 0.331. The molecule has 20 heavy (non-hydrogen) atoms. The van der Waals surface area contributed by atoms with Crippen LogP contribution in [0.4, 0.5) is 5.69 Å². The topological polar surface area (TPSA) is 37.0 Å². The van der Waals surface area contributed by atoms with Crippen molar-refractivity contribution in [1.82, 2.24) is 10.3 Å². The Hall–Kier alpha value is -1.94. The minimum Gasteiger partial charge on any atom is -0.360 e. The summed E-state index contributed by atoms with van der Waals surface area (Å²) in [5.41, 5.74) is 2.31. The maximum Gasteiger partial charge on any atom is 0.170 e. The fourth-order valence-electron chi connectivity index (χ4n) is 1.93. The van der Waals surface area contributed by atoms with Gasteiger partial charge in [0.15, 0.2) is 5.11 Å². The molecule has 0 unspecified atom stereocenters. The predicted octanol–water partition coefficient (Wildman–Crippen LogP) is 3.39. The molecule has 1 heterocycles. The van der Waals surface area contributed by atoms with Crippen molar-refractivity contribution in [3.05, 3.63) is 60.4 Å². The summed E-state index contributed by atoms with van der Waals surface area (Å²) in [5.74, 6) is 0. The van der Waals surface area contributed by atoms with Gasteiger partial charge < -0.3 is 10.6 Å². The molecule has 0 saturated heterocycles. The van der Waals surface area contributed by atoms with Crippen LogP contribution >= 0.6 is 12.2 Å². The van der Waals surface area contributed by atoms with Gasteiger partial charge in [0.25, 0.3) is 0 Å². The Labute approximate surface area is 125 Å². The van der Waals surface area contributed by atoms with E-state index < -0.39 is 0 Å². The number of benzene rings is 1. The third-order valence-corrected chi connectivity index (χ3v) is 3.24. The van der Waals surface area contributed by atoms with Crippen molar-refractivity contribution in [2.24, 2.45) is 0 Å². The maximum absolute atomic E-state index is 5.30. The minimum absolute atomic E-state index is 0.331. The van der Waals surface area contributed by atoms with Crippen LogP contribution in [-0.4, -0.2) is 16.1 Å². The predicted molar refractivity (Wildman–Crippen MR) is 87.8 cm³/mol. The number of aromatic nitrogens is 1. The number of thiocarbonyl (C=S) groups is 1. The summed E-state index contributed by atoms with van der Waals surface area (Å²) >= 11 is 5.30. The van der Waals surface area contributed by atoms with Crippen LogP contribution < -0.4 is 10.6 Å². The number of aryl methyl sites for hydroxylation is 1. The summed E-state index contributed by atoms with van der Waals surface area (Å²) < 4.78 is 0. The van der Waals surface area contributed by atoms with Crippen LogP contribution in [0.25, 0.3) is 0 Å². The smallest absolute Gasteiger partial charge is 0.170 e. The number of nitrogens with zero attached hydrogens (tertiary/aromatic N) is 1. The van der Waals surface area contributed by atoms with E-state index in [4.69, 9.17) is 12.2 Å². The summed E-state index contributed by atoms with van der Waals surface area (Å²) in [6, 6.07) is 14.6. The van der Waals surface area contributed by atoms with E-state index >= 15 is 0 Å². The van der Waals surface area contributed by atoms with Gasteiger partial charge in [0.1, 0.15) is 0 Å². The normalized spacial score (nSPS) is 11.7. The summed E-state index contributed by atoms with van der Waals surface area (Å²) in [7, 11) is 0. The van der Waals surface area contributed by atoms with Gasteiger partial charge in [-0.15, -0.1) is 0 Å². The summed E-state index contributed by atoms with van der Waals surface area (Å²) in [4.78, 5) is 3.97. The number of anilines is 1. The molecule has 0 amide bonds. The van der Waals surface area contributed by atoms with Crippen molar-refractivity contribution >= 4 is 23.0 Å². The molecule has 2 rings (SSSR count). The van der Waals surface area contributed by atoms with E-state index in [0.717, 1.165) is 18.5 Å². The van der Waals surface area contributed by atoms with E-state index in [-0.39, 0.29) is 0 Å². The molecule has 2 aromatic rings. The molecular formula is C16H19N3S. The second kappa shape index (κ2) is 7.60. The third kappa shape index (κ3) is 4.97. The van der Waals surface area contributed by atoms with Crippen LogP contribution in [0.3, 0.4) is 0 Å². The van der Waals surface area contributed by atoms with Gasteiger partial charge in [-0.05, 0) is 49.7 Å². The van der Waals surface area contributed by atoms with Crippen molar-refractivity contribution in [3.8, 4) is 0 Å². The summed E-state index contributed by atoms with van der Waals surface area (Å²) in [6.07, 6.45) is 5.57. The van der Waals surface area contributed by atoms with Crippen molar-refractivity contribution in [3.63, 3.8) is 0 Å². The Kier molecular flexibility index (Phi) is 5.50. The zero-order valence-electron chi connectivity index (χ0n) is 11.5. The highest BCUT2D eigenvalue weighted by Crippen LogP contribution is 2.06. The van der Waals surface area contributed by atoms with Gasteiger partial charge in [-0.25, -0.2) is 0 Å². The lowest BCUT2D eigenvalue weighted by Gasteiger charge is -2.17. The molecule has 0 spiro atoms. The number of hydrogen-bond acceptors (Lipinski definition) is 2. The van der Waals surface area contributed by atoms with E-state index in [1.54, 1.807) is 12.4 Å². The lowest BCUT2D eigenvalue weighted by molar-refractivity contribution is 0.609. The molecular weight excluding hydrogens is 266 g/mol. The second-order valence-electron chi connectivity index (χ2n) is 4.76. The quantitative estimate of drug-likeness (QED) is 0.826. The van der Waals surface area contributed by atoms with E-state index in [1.807, 2.05) is 18.2 Å². The molecule has 1 aromatic heterocycles. The highest BCUT2D eigenvalue weighted by atomic mass is 32.1. The monoisotopic (exact) mass is 285 g/mol. The van der Waals surface area contributed by atoms with Crippen LogP contribution in [0, 0.1) is 0 Å². The number of nitrogens with one attached hydrogen (secondary N) is 2. The summed E-state index contributed by atoms with van der Waals surface area (Å²) in [6.45, 7) is 2.14. The lowest BCUT2D eigenvalue weighted by atomic mass is 10.1. The van der Waals surface area contributed by atoms with Crippen molar-refractivity contribution in [2.45, 2.75) is 25.8 Å². The molecule has 104 valence electrons. The highest BCUT2D eigenvalue weighted by Gasteiger charge is 2.04. The van der Waals surface area contributed by atoms with Crippen LogP contribution in [0.15, 0.2) is 54.9 Å². The summed E-state index contributed by atoms with van der Waals surface area (Å²) in [5, 5.41) is 7.10. The van der Waals surface area contributed by atoms with E-state index in [0.29, 0.717) is 11.2 Å². The average Bonchev–Trinajstić information content (AvgIpc) is 2.47. The molecule has 4 heteroatoms. The number of rotatable bonds is 5. The second-order valence-corrected chi connectivity index (χ2v) is 5.17. The molecule has 0 radical (unpaired) electrons. The molecule has 0 aliphatic rings. The van der Waals surface area contributed by atoms with Crippen LogP contribution in [0.5, 0.6) is 0 Å². The fraction of sp³-hybridized carbons (Fsp3) is 0.250. The molecule has 0 saturated carbocycles.